The Hall–Kier alpha value is -2.82. The topological polar surface area (TPSA) is 49.6 Å². The third kappa shape index (κ3) is 2.97. The number of hydrogen-bond donors (Lipinski definition) is 1. The van der Waals surface area contributed by atoms with Gasteiger partial charge in [0, 0.05) is 36.4 Å². The Morgan fingerprint density at radius 1 is 1.12 bits per heavy atom. The van der Waals surface area contributed by atoms with Crippen LogP contribution >= 0.6 is 0 Å². The highest BCUT2D eigenvalue weighted by Crippen LogP contribution is 2.25. The normalized spacial score (nSPS) is 14.2. The van der Waals surface area contributed by atoms with Crippen LogP contribution in [0.5, 0.6) is 0 Å². The van der Waals surface area contributed by atoms with Crippen molar-refractivity contribution in [3.63, 3.8) is 0 Å². The van der Waals surface area contributed by atoms with Gasteiger partial charge in [0.1, 0.15) is 11.3 Å². The van der Waals surface area contributed by atoms with E-state index in [4.69, 9.17) is 0 Å². The van der Waals surface area contributed by atoms with Crippen LogP contribution in [0.3, 0.4) is 0 Å². The molecular weight excluding hydrogens is 312 g/mol. The molecule has 1 aromatic carbocycles. The molecule has 3 aromatic rings. The molecule has 0 saturated carbocycles. The largest absolute Gasteiger partial charge is 0.372 e. The first-order valence-corrected chi connectivity index (χ1v) is 8.73. The van der Waals surface area contributed by atoms with E-state index < -0.39 is 0 Å². The van der Waals surface area contributed by atoms with Gasteiger partial charge in [0.05, 0.1) is 0 Å². The molecule has 25 heavy (non-hydrogen) atoms. The maximum atomic E-state index is 12.6. The minimum Gasteiger partial charge on any atom is -0.372 e. The molecule has 1 saturated heterocycles. The molecule has 5 nitrogen and oxygen atoms in total. The predicted molar refractivity (Wildman–Crippen MR) is 101 cm³/mol. The first kappa shape index (κ1) is 15.7. The van der Waals surface area contributed by atoms with E-state index >= 15 is 0 Å². The Kier molecular flexibility index (Phi) is 3.92. The minimum absolute atomic E-state index is 0.180. The van der Waals surface area contributed by atoms with Crippen LogP contribution in [0.25, 0.3) is 5.65 Å². The fraction of sp³-hybridized carbons (Fsp3) is 0.300. The molecule has 1 amide bonds. The van der Waals surface area contributed by atoms with Crippen LogP contribution in [-0.4, -0.2) is 28.4 Å². The molecule has 1 N–H and O–H groups in total. The highest BCUT2D eigenvalue weighted by molar-refractivity contribution is 6.03. The van der Waals surface area contributed by atoms with Gasteiger partial charge in [-0.25, -0.2) is 4.98 Å². The predicted octanol–water partition coefficient (Wildman–Crippen LogP) is 3.80. The molecule has 0 atom stereocenters. The smallest absolute Gasteiger partial charge is 0.275 e. The summed E-state index contributed by atoms with van der Waals surface area (Å²) in [5.74, 6) is -0.180. The van der Waals surface area contributed by atoms with E-state index in [1.54, 1.807) is 6.20 Å². The van der Waals surface area contributed by atoms with Gasteiger partial charge in [0.15, 0.2) is 0 Å². The summed E-state index contributed by atoms with van der Waals surface area (Å²) in [6.45, 7) is 6.26. The summed E-state index contributed by atoms with van der Waals surface area (Å²) in [4.78, 5) is 19.4. The number of benzene rings is 1. The van der Waals surface area contributed by atoms with E-state index in [1.807, 2.05) is 42.5 Å². The van der Waals surface area contributed by atoms with Crippen molar-refractivity contribution in [2.24, 2.45) is 0 Å². The molecule has 3 heterocycles. The number of amides is 1. The Labute approximate surface area is 147 Å². The highest BCUT2D eigenvalue weighted by Gasteiger charge is 2.15. The van der Waals surface area contributed by atoms with Gasteiger partial charge in [0.25, 0.3) is 5.91 Å². The molecule has 1 aliphatic heterocycles. The zero-order chi connectivity index (χ0) is 17.4. The number of hydrogen-bond acceptors (Lipinski definition) is 3. The van der Waals surface area contributed by atoms with Crippen molar-refractivity contribution in [1.29, 1.82) is 0 Å². The van der Waals surface area contributed by atoms with Crippen LogP contribution in [0.4, 0.5) is 11.4 Å². The van der Waals surface area contributed by atoms with Crippen molar-refractivity contribution in [3.8, 4) is 0 Å². The summed E-state index contributed by atoms with van der Waals surface area (Å²) < 4.78 is 1.93. The monoisotopic (exact) mass is 334 g/mol. The third-order valence-corrected chi connectivity index (χ3v) is 4.86. The first-order chi connectivity index (χ1) is 12.1. The Bertz CT molecular complexity index is 938. The molecule has 2 aromatic heterocycles. The summed E-state index contributed by atoms with van der Waals surface area (Å²) in [6, 6.07) is 12.1. The summed E-state index contributed by atoms with van der Waals surface area (Å²) in [7, 11) is 0. The summed E-state index contributed by atoms with van der Waals surface area (Å²) in [5, 5.41) is 2.99. The number of rotatable bonds is 3. The van der Waals surface area contributed by atoms with Crippen LogP contribution in [-0.2, 0) is 0 Å². The molecular formula is C20H22N4O. The van der Waals surface area contributed by atoms with Gasteiger partial charge in [-0.05, 0) is 62.6 Å². The van der Waals surface area contributed by atoms with Crippen LogP contribution in [0.1, 0.15) is 34.6 Å². The number of imidazole rings is 1. The van der Waals surface area contributed by atoms with Crippen molar-refractivity contribution >= 4 is 22.9 Å². The molecule has 1 fully saturated rings. The molecule has 1 aliphatic rings. The van der Waals surface area contributed by atoms with Gasteiger partial charge in [-0.2, -0.15) is 0 Å². The Balaban J connectivity index is 1.56. The van der Waals surface area contributed by atoms with Gasteiger partial charge < -0.3 is 14.6 Å². The van der Waals surface area contributed by atoms with Crippen molar-refractivity contribution in [2.75, 3.05) is 23.3 Å². The maximum absolute atomic E-state index is 12.6. The second kappa shape index (κ2) is 6.24. The number of aryl methyl sites for hydroxylation is 2. The molecule has 0 bridgehead atoms. The Morgan fingerprint density at radius 3 is 2.64 bits per heavy atom. The lowest BCUT2D eigenvalue weighted by molar-refractivity contribution is 0.102. The number of aromatic nitrogens is 2. The van der Waals surface area contributed by atoms with Crippen LogP contribution in [0.2, 0.25) is 0 Å². The molecule has 0 spiro atoms. The zero-order valence-corrected chi connectivity index (χ0v) is 14.6. The molecule has 0 radical (unpaired) electrons. The van der Waals surface area contributed by atoms with Crippen molar-refractivity contribution in [3.05, 3.63) is 59.5 Å². The van der Waals surface area contributed by atoms with Gasteiger partial charge >= 0.3 is 0 Å². The molecule has 128 valence electrons. The maximum Gasteiger partial charge on any atom is 0.275 e. The lowest BCUT2D eigenvalue weighted by Gasteiger charge is -2.19. The molecule has 0 unspecified atom stereocenters. The lowest BCUT2D eigenvalue weighted by Crippen LogP contribution is -2.18. The standard InChI is InChI=1S/C20H22N4O/c1-14-12-16(23-10-3-4-11-23)8-9-17(14)22-20(25)18-13-24-15(2)6-5-7-19(24)21-18/h5-9,12-13H,3-4,10-11H2,1-2H3,(H,22,25). The second-order valence-corrected chi connectivity index (χ2v) is 6.67. The zero-order valence-electron chi connectivity index (χ0n) is 14.6. The van der Waals surface area contributed by atoms with Gasteiger partial charge in [0.2, 0.25) is 0 Å². The first-order valence-electron chi connectivity index (χ1n) is 8.73. The lowest BCUT2D eigenvalue weighted by atomic mass is 10.1. The molecule has 4 rings (SSSR count). The number of carbonyl (C=O) groups excluding carboxylic acids is 1. The second-order valence-electron chi connectivity index (χ2n) is 6.67. The summed E-state index contributed by atoms with van der Waals surface area (Å²) in [5.41, 5.74) is 5.40. The van der Waals surface area contributed by atoms with E-state index in [0.29, 0.717) is 5.69 Å². The number of nitrogens with one attached hydrogen (secondary N) is 1. The van der Waals surface area contributed by atoms with Gasteiger partial charge in [-0.3, -0.25) is 4.79 Å². The van der Waals surface area contributed by atoms with E-state index in [2.05, 4.69) is 27.3 Å². The molecule has 0 aliphatic carbocycles. The average molecular weight is 334 g/mol. The summed E-state index contributed by atoms with van der Waals surface area (Å²) in [6.07, 6.45) is 4.30. The van der Waals surface area contributed by atoms with Crippen LogP contribution in [0, 0.1) is 13.8 Å². The fourth-order valence-electron chi connectivity index (χ4n) is 3.40. The van der Waals surface area contributed by atoms with Gasteiger partial charge in [-0.15, -0.1) is 0 Å². The number of fused-ring (bicyclic) bond motifs is 1. The van der Waals surface area contributed by atoms with E-state index in [9.17, 15) is 4.79 Å². The fourth-order valence-corrected chi connectivity index (χ4v) is 3.40. The van der Waals surface area contributed by atoms with E-state index in [-0.39, 0.29) is 5.91 Å². The average Bonchev–Trinajstić information content (AvgIpc) is 3.26. The van der Waals surface area contributed by atoms with E-state index in [0.717, 1.165) is 35.7 Å². The number of pyridine rings is 1. The van der Waals surface area contributed by atoms with Crippen LogP contribution in [0.15, 0.2) is 42.6 Å². The summed E-state index contributed by atoms with van der Waals surface area (Å²) >= 11 is 0. The van der Waals surface area contributed by atoms with Crippen LogP contribution < -0.4 is 10.2 Å². The number of nitrogens with zero attached hydrogens (tertiary/aromatic N) is 3. The quantitative estimate of drug-likeness (QED) is 0.792. The van der Waals surface area contributed by atoms with Gasteiger partial charge in [-0.1, -0.05) is 6.07 Å². The molecule has 5 heteroatoms. The number of anilines is 2. The third-order valence-electron chi connectivity index (χ3n) is 4.86. The van der Waals surface area contributed by atoms with Crippen molar-refractivity contribution < 1.29 is 4.79 Å². The van der Waals surface area contributed by atoms with Crippen molar-refractivity contribution in [1.82, 2.24) is 9.38 Å². The van der Waals surface area contributed by atoms with E-state index in [1.165, 1.54) is 18.5 Å². The SMILES string of the molecule is Cc1cc(N2CCCC2)ccc1NC(=O)c1cn2c(C)cccc2n1. The highest BCUT2D eigenvalue weighted by atomic mass is 16.1. The minimum atomic E-state index is -0.180. The number of carbonyl (C=O) groups is 1. The Morgan fingerprint density at radius 2 is 1.92 bits per heavy atom. The van der Waals surface area contributed by atoms with Crippen molar-refractivity contribution in [2.45, 2.75) is 26.7 Å².